The number of esters is 1. The number of hydrogen-bond acceptors (Lipinski definition) is 5. The van der Waals surface area contributed by atoms with Crippen molar-refractivity contribution in [2.45, 2.75) is 71.8 Å². The van der Waals surface area contributed by atoms with E-state index in [0.29, 0.717) is 18.9 Å². The van der Waals surface area contributed by atoms with Gasteiger partial charge in [-0.3, -0.25) is 9.59 Å². The maximum absolute atomic E-state index is 13.0. The SMILES string of the molecule is COC(=O)[C@@H](CC(=O)C1CCC(CNC(=O)OC(C)(C)C)CC1)Cc1ccc(C)c(Br)c1. The number of nitrogens with one attached hydrogen (secondary N) is 1. The van der Waals surface area contributed by atoms with Gasteiger partial charge < -0.3 is 14.8 Å². The second-order valence-corrected chi connectivity index (χ2v) is 10.6. The summed E-state index contributed by atoms with van der Waals surface area (Å²) in [5.74, 6) is -0.387. The van der Waals surface area contributed by atoms with Crippen LogP contribution < -0.4 is 5.32 Å². The Morgan fingerprint density at radius 2 is 1.81 bits per heavy atom. The fraction of sp³-hybridized carbons (Fsp3) is 0.640. The molecule has 32 heavy (non-hydrogen) atoms. The van der Waals surface area contributed by atoms with Crippen LogP contribution in [0.3, 0.4) is 0 Å². The van der Waals surface area contributed by atoms with E-state index in [1.807, 2.05) is 45.9 Å². The molecule has 1 atom stereocenters. The summed E-state index contributed by atoms with van der Waals surface area (Å²) in [7, 11) is 1.37. The highest BCUT2D eigenvalue weighted by Gasteiger charge is 2.31. The standard InChI is InChI=1S/C25H36BrNO5/c1-16-6-7-18(13-21(16)26)12-20(23(29)31-5)14-22(28)19-10-8-17(9-11-19)15-27-24(30)32-25(2,3)4/h6-7,13,17,19-20H,8-12,14-15H2,1-5H3,(H,27,30)/t17?,19?,20-/m1/s1. The summed E-state index contributed by atoms with van der Waals surface area (Å²) in [5, 5.41) is 2.83. The molecule has 178 valence electrons. The number of benzene rings is 1. The Kier molecular flexibility index (Phi) is 9.74. The summed E-state index contributed by atoms with van der Waals surface area (Å²) in [4.78, 5) is 37.2. The van der Waals surface area contributed by atoms with Gasteiger partial charge >= 0.3 is 12.1 Å². The minimum absolute atomic E-state index is 0.0373. The van der Waals surface area contributed by atoms with Crippen molar-refractivity contribution in [3.63, 3.8) is 0 Å². The molecule has 0 spiro atoms. The Bertz CT molecular complexity index is 809. The molecule has 1 saturated carbocycles. The fourth-order valence-electron chi connectivity index (χ4n) is 4.09. The van der Waals surface area contributed by atoms with Gasteiger partial charge in [0.1, 0.15) is 11.4 Å². The topological polar surface area (TPSA) is 81.7 Å². The Hall–Kier alpha value is -1.89. The van der Waals surface area contributed by atoms with Crippen molar-refractivity contribution in [2.24, 2.45) is 17.8 Å². The molecule has 0 bridgehead atoms. The molecular weight excluding hydrogens is 474 g/mol. The molecule has 1 fully saturated rings. The second kappa shape index (κ2) is 11.8. The predicted molar refractivity (Wildman–Crippen MR) is 127 cm³/mol. The minimum atomic E-state index is -0.515. The molecule has 0 saturated heterocycles. The van der Waals surface area contributed by atoms with E-state index in [2.05, 4.69) is 21.2 Å². The van der Waals surface area contributed by atoms with Gasteiger partial charge in [0.2, 0.25) is 0 Å². The highest BCUT2D eigenvalue weighted by atomic mass is 79.9. The Morgan fingerprint density at radius 1 is 1.16 bits per heavy atom. The quantitative estimate of drug-likeness (QED) is 0.475. The summed E-state index contributed by atoms with van der Waals surface area (Å²) in [6.07, 6.45) is 3.59. The third-order valence-electron chi connectivity index (χ3n) is 5.94. The first kappa shape index (κ1) is 26.4. The maximum Gasteiger partial charge on any atom is 0.407 e. The number of hydrogen-bond donors (Lipinski definition) is 1. The van der Waals surface area contributed by atoms with E-state index in [-0.39, 0.29) is 24.1 Å². The van der Waals surface area contributed by atoms with Crippen molar-refractivity contribution >= 4 is 33.8 Å². The lowest BCUT2D eigenvalue weighted by Gasteiger charge is -2.29. The number of methoxy groups -OCH3 is 1. The van der Waals surface area contributed by atoms with Crippen LogP contribution in [0.2, 0.25) is 0 Å². The molecule has 1 aliphatic rings. The molecular formula is C25H36BrNO5. The summed E-state index contributed by atoms with van der Waals surface area (Å²) in [6.45, 7) is 8.07. The number of ether oxygens (including phenoxy) is 2. The highest BCUT2D eigenvalue weighted by Crippen LogP contribution is 2.31. The van der Waals surface area contributed by atoms with E-state index >= 15 is 0 Å². The smallest absolute Gasteiger partial charge is 0.407 e. The third-order valence-corrected chi connectivity index (χ3v) is 6.79. The molecule has 0 aromatic heterocycles. The van der Waals surface area contributed by atoms with Crippen molar-refractivity contribution in [1.82, 2.24) is 5.32 Å². The molecule has 0 unspecified atom stereocenters. The lowest BCUT2D eigenvalue weighted by molar-refractivity contribution is -0.147. The molecule has 0 aliphatic heterocycles. The van der Waals surface area contributed by atoms with Gasteiger partial charge in [-0.05, 0) is 82.9 Å². The first-order chi connectivity index (χ1) is 15.0. The second-order valence-electron chi connectivity index (χ2n) is 9.78. The Balaban J connectivity index is 1.85. The number of halogens is 1. The van der Waals surface area contributed by atoms with E-state index in [9.17, 15) is 14.4 Å². The van der Waals surface area contributed by atoms with Crippen LogP contribution in [0, 0.1) is 24.7 Å². The van der Waals surface area contributed by atoms with E-state index in [4.69, 9.17) is 9.47 Å². The zero-order valence-corrected chi connectivity index (χ0v) is 21.4. The largest absolute Gasteiger partial charge is 0.469 e. The van der Waals surface area contributed by atoms with Crippen LogP contribution in [0.4, 0.5) is 4.79 Å². The number of carbonyl (C=O) groups is 3. The Morgan fingerprint density at radius 3 is 2.38 bits per heavy atom. The summed E-state index contributed by atoms with van der Waals surface area (Å²) in [6, 6.07) is 5.99. The van der Waals surface area contributed by atoms with Gasteiger partial charge in [-0.25, -0.2) is 4.79 Å². The van der Waals surface area contributed by atoms with Gasteiger partial charge in [0.15, 0.2) is 0 Å². The zero-order chi connectivity index (χ0) is 23.9. The van der Waals surface area contributed by atoms with E-state index in [1.165, 1.54) is 7.11 Å². The number of amides is 1. The summed E-state index contributed by atoms with van der Waals surface area (Å²) < 4.78 is 11.2. The van der Waals surface area contributed by atoms with Gasteiger partial charge in [0.25, 0.3) is 0 Å². The lowest BCUT2D eigenvalue weighted by Crippen LogP contribution is -2.36. The van der Waals surface area contributed by atoms with Crippen molar-refractivity contribution in [1.29, 1.82) is 0 Å². The summed E-state index contributed by atoms with van der Waals surface area (Å²) >= 11 is 3.53. The molecule has 7 heteroatoms. The van der Waals surface area contributed by atoms with Gasteiger partial charge in [-0.1, -0.05) is 28.1 Å². The number of Topliss-reactive ketones (excluding diaryl/α,β-unsaturated/α-hetero) is 1. The average molecular weight is 510 g/mol. The predicted octanol–water partition coefficient (Wildman–Crippen LogP) is 5.38. The first-order valence-electron chi connectivity index (χ1n) is 11.3. The number of rotatable bonds is 8. The van der Waals surface area contributed by atoms with Crippen LogP contribution in [0.25, 0.3) is 0 Å². The van der Waals surface area contributed by atoms with Gasteiger partial charge in [0, 0.05) is 23.4 Å². The number of ketones is 1. The average Bonchev–Trinajstić information content (AvgIpc) is 2.73. The molecule has 1 aromatic carbocycles. The van der Waals surface area contributed by atoms with Crippen LogP contribution in [-0.2, 0) is 25.5 Å². The fourth-order valence-corrected chi connectivity index (χ4v) is 4.52. The molecule has 2 rings (SSSR count). The number of carbonyl (C=O) groups excluding carboxylic acids is 3. The molecule has 0 heterocycles. The molecule has 0 radical (unpaired) electrons. The van der Waals surface area contributed by atoms with Gasteiger partial charge in [-0.15, -0.1) is 0 Å². The monoisotopic (exact) mass is 509 g/mol. The van der Waals surface area contributed by atoms with Crippen molar-refractivity contribution < 1.29 is 23.9 Å². The Labute approximate surface area is 199 Å². The van der Waals surface area contributed by atoms with Crippen LogP contribution in [-0.4, -0.2) is 37.1 Å². The van der Waals surface area contributed by atoms with Gasteiger partial charge in [-0.2, -0.15) is 0 Å². The molecule has 1 N–H and O–H groups in total. The number of aryl methyl sites for hydroxylation is 1. The molecule has 1 aliphatic carbocycles. The van der Waals surface area contributed by atoms with Crippen molar-refractivity contribution in [3.05, 3.63) is 33.8 Å². The molecule has 1 amide bonds. The van der Waals surface area contributed by atoms with Crippen LogP contribution in [0.1, 0.15) is 64.0 Å². The first-order valence-corrected chi connectivity index (χ1v) is 12.1. The normalized spacial score (nSPS) is 19.7. The molecule has 6 nitrogen and oxygen atoms in total. The van der Waals surface area contributed by atoms with Crippen LogP contribution in [0.15, 0.2) is 22.7 Å². The van der Waals surface area contributed by atoms with Crippen LogP contribution in [0.5, 0.6) is 0 Å². The van der Waals surface area contributed by atoms with Crippen molar-refractivity contribution in [3.8, 4) is 0 Å². The number of alkyl carbamates (subject to hydrolysis) is 1. The van der Waals surface area contributed by atoms with E-state index in [0.717, 1.165) is 41.3 Å². The zero-order valence-electron chi connectivity index (χ0n) is 19.8. The minimum Gasteiger partial charge on any atom is -0.469 e. The lowest BCUT2D eigenvalue weighted by atomic mass is 9.77. The maximum atomic E-state index is 13.0. The third kappa shape index (κ3) is 8.57. The van der Waals surface area contributed by atoms with Crippen molar-refractivity contribution in [2.75, 3.05) is 13.7 Å². The molecule has 1 aromatic rings. The van der Waals surface area contributed by atoms with Gasteiger partial charge in [0.05, 0.1) is 13.0 Å². The van der Waals surface area contributed by atoms with E-state index in [1.54, 1.807) is 0 Å². The highest BCUT2D eigenvalue weighted by molar-refractivity contribution is 9.10. The summed E-state index contributed by atoms with van der Waals surface area (Å²) in [5.41, 5.74) is 1.61. The van der Waals surface area contributed by atoms with Crippen LogP contribution >= 0.6 is 15.9 Å². The van der Waals surface area contributed by atoms with E-state index < -0.39 is 17.6 Å².